The van der Waals surface area contributed by atoms with Gasteiger partial charge in [-0.2, -0.15) is 0 Å². The molecule has 0 amide bonds. The highest BCUT2D eigenvalue weighted by molar-refractivity contribution is 9.10. The molecule has 0 aliphatic heterocycles. The summed E-state index contributed by atoms with van der Waals surface area (Å²) < 4.78 is 1.21. The second kappa shape index (κ2) is 6.01. The number of hydrogen-bond acceptors (Lipinski definition) is 1. The zero-order valence-electron chi connectivity index (χ0n) is 10.6. The molecule has 0 bridgehead atoms. The van der Waals surface area contributed by atoms with Gasteiger partial charge in [0.1, 0.15) is 0 Å². The SMILES string of the molecule is CCC1(CNCc2ccccc2Br)CCCC1. The monoisotopic (exact) mass is 295 g/mol. The number of rotatable bonds is 5. The van der Waals surface area contributed by atoms with Gasteiger partial charge in [0, 0.05) is 17.6 Å². The summed E-state index contributed by atoms with van der Waals surface area (Å²) >= 11 is 3.60. The molecule has 0 spiro atoms. The Morgan fingerprint density at radius 1 is 1.24 bits per heavy atom. The van der Waals surface area contributed by atoms with Gasteiger partial charge in [-0.1, -0.05) is 53.9 Å². The minimum Gasteiger partial charge on any atom is -0.312 e. The van der Waals surface area contributed by atoms with Crippen LogP contribution in [0.4, 0.5) is 0 Å². The summed E-state index contributed by atoms with van der Waals surface area (Å²) in [6.45, 7) is 4.49. The van der Waals surface area contributed by atoms with E-state index in [1.807, 2.05) is 0 Å². The van der Waals surface area contributed by atoms with Crippen LogP contribution in [-0.2, 0) is 6.54 Å². The Morgan fingerprint density at radius 3 is 2.59 bits per heavy atom. The van der Waals surface area contributed by atoms with Crippen LogP contribution in [0.15, 0.2) is 28.7 Å². The highest BCUT2D eigenvalue weighted by Gasteiger charge is 2.31. The number of nitrogens with one attached hydrogen (secondary N) is 1. The molecule has 0 atom stereocenters. The molecule has 2 heteroatoms. The molecule has 1 aliphatic rings. The second-order valence-electron chi connectivity index (χ2n) is 5.26. The molecule has 1 aliphatic carbocycles. The van der Waals surface area contributed by atoms with E-state index < -0.39 is 0 Å². The van der Waals surface area contributed by atoms with E-state index >= 15 is 0 Å². The van der Waals surface area contributed by atoms with Crippen molar-refractivity contribution < 1.29 is 0 Å². The van der Waals surface area contributed by atoms with Crippen molar-refractivity contribution in [3.8, 4) is 0 Å². The predicted octanol–water partition coefficient (Wildman–Crippen LogP) is 4.51. The Labute approximate surface area is 113 Å². The normalized spacial score (nSPS) is 18.5. The van der Waals surface area contributed by atoms with Gasteiger partial charge >= 0.3 is 0 Å². The minimum atomic E-state index is 0.585. The summed E-state index contributed by atoms with van der Waals surface area (Å²) in [6.07, 6.45) is 6.98. The van der Waals surface area contributed by atoms with Crippen molar-refractivity contribution in [1.82, 2.24) is 5.32 Å². The van der Waals surface area contributed by atoms with Crippen molar-refractivity contribution in [3.05, 3.63) is 34.3 Å². The van der Waals surface area contributed by atoms with E-state index in [0.717, 1.165) is 6.54 Å². The van der Waals surface area contributed by atoms with Crippen molar-refractivity contribution in [2.45, 2.75) is 45.6 Å². The van der Waals surface area contributed by atoms with Crippen LogP contribution in [0.3, 0.4) is 0 Å². The lowest BCUT2D eigenvalue weighted by Crippen LogP contribution is -2.31. The molecule has 1 saturated carbocycles. The lowest BCUT2D eigenvalue weighted by Gasteiger charge is -2.28. The van der Waals surface area contributed by atoms with Crippen LogP contribution in [0, 0.1) is 5.41 Å². The first-order valence-corrected chi connectivity index (χ1v) is 7.49. The molecular weight excluding hydrogens is 274 g/mol. The van der Waals surface area contributed by atoms with Gasteiger partial charge in [0.05, 0.1) is 0 Å². The van der Waals surface area contributed by atoms with E-state index in [9.17, 15) is 0 Å². The van der Waals surface area contributed by atoms with Gasteiger partial charge in [-0.05, 0) is 36.3 Å². The van der Waals surface area contributed by atoms with E-state index in [0.29, 0.717) is 5.41 Å². The first-order valence-electron chi connectivity index (χ1n) is 6.70. The fourth-order valence-electron chi connectivity index (χ4n) is 2.88. The second-order valence-corrected chi connectivity index (χ2v) is 6.11. The fourth-order valence-corrected chi connectivity index (χ4v) is 3.31. The van der Waals surface area contributed by atoms with E-state index in [1.54, 1.807) is 0 Å². The Kier molecular flexibility index (Phi) is 4.63. The third-order valence-electron chi connectivity index (χ3n) is 4.19. The van der Waals surface area contributed by atoms with Crippen LogP contribution in [0.1, 0.15) is 44.6 Å². The molecule has 17 heavy (non-hydrogen) atoms. The van der Waals surface area contributed by atoms with Crippen LogP contribution in [0.5, 0.6) is 0 Å². The lowest BCUT2D eigenvalue weighted by molar-refractivity contribution is 0.268. The third kappa shape index (κ3) is 3.32. The highest BCUT2D eigenvalue weighted by Crippen LogP contribution is 2.40. The average molecular weight is 296 g/mol. The maximum atomic E-state index is 3.65. The van der Waals surface area contributed by atoms with Gasteiger partial charge < -0.3 is 5.32 Å². The van der Waals surface area contributed by atoms with E-state index in [1.165, 1.54) is 48.7 Å². The van der Waals surface area contributed by atoms with E-state index in [2.05, 4.69) is 52.4 Å². The molecule has 1 aromatic carbocycles. The van der Waals surface area contributed by atoms with Crippen molar-refractivity contribution in [2.75, 3.05) is 6.54 Å². The Bertz CT molecular complexity index is 356. The third-order valence-corrected chi connectivity index (χ3v) is 4.96. The maximum Gasteiger partial charge on any atom is 0.0220 e. The molecule has 0 unspecified atom stereocenters. The first kappa shape index (κ1) is 13.1. The Hall–Kier alpha value is -0.340. The number of benzene rings is 1. The average Bonchev–Trinajstić information content (AvgIpc) is 2.81. The molecule has 0 radical (unpaired) electrons. The zero-order chi connectivity index (χ0) is 12.1. The van der Waals surface area contributed by atoms with E-state index in [-0.39, 0.29) is 0 Å². The van der Waals surface area contributed by atoms with Gasteiger partial charge in [-0.15, -0.1) is 0 Å². The first-order chi connectivity index (χ1) is 8.26. The molecular formula is C15H22BrN. The molecule has 1 N–H and O–H groups in total. The van der Waals surface area contributed by atoms with Crippen LogP contribution < -0.4 is 5.32 Å². The van der Waals surface area contributed by atoms with Crippen molar-refractivity contribution >= 4 is 15.9 Å². The summed E-state index contributed by atoms with van der Waals surface area (Å²) in [5.41, 5.74) is 1.94. The summed E-state index contributed by atoms with van der Waals surface area (Å²) in [6, 6.07) is 8.47. The lowest BCUT2D eigenvalue weighted by atomic mass is 9.83. The van der Waals surface area contributed by atoms with Crippen molar-refractivity contribution in [1.29, 1.82) is 0 Å². The summed E-state index contributed by atoms with van der Waals surface area (Å²) in [7, 11) is 0. The smallest absolute Gasteiger partial charge is 0.0220 e. The summed E-state index contributed by atoms with van der Waals surface area (Å²) in [4.78, 5) is 0. The van der Waals surface area contributed by atoms with Gasteiger partial charge in [-0.25, -0.2) is 0 Å². The molecule has 1 aromatic rings. The van der Waals surface area contributed by atoms with Gasteiger partial charge in [-0.3, -0.25) is 0 Å². The summed E-state index contributed by atoms with van der Waals surface area (Å²) in [5.74, 6) is 0. The summed E-state index contributed by atoms with van der Waals surface area (Å²) in [5, 5.41) is 3.65. The largest absolute Gasteiger partial charge is 0.312 e. The van der Waals surface area contributed by atoms with Crippen LogP contribution in [0.2, 0.25) is 0 Å². The molecule has 0 heterocycles. The number of hydrogen-bond donors (Lipinski definition) is 1. The predicted molar refractivity (Wildman–Crippen MR) is 77.0 cm³/mol. The van der Waals surface area contributed by atoms with Gasteiger partial charge in [0.25, 0.3) is 0 Å². The quantitative estimate of drug-likeness (QED) is 0.843. The van der Waals surface area contributed by atoms with Crippen molar-refractivity contribution in [3.63, 3.8) is 0 Å². The van der Waals surface area contributed by atoms with Crippen LogP contribution in [0.25, 0.3) is 0 Å². The number of halogens is 1. The Balaban J connectivity index is 1.85. The molecule has 1 nitrogen and oxygen atoms in total. The molecule has 94 valence electrons. The maximum absolute atomic E-state index is 3.65. The highest BCUT2D eigenvalue weighted by atomic mass is 79.9. The zero-order valence-corrected chi connectivity index (χ0v) is 12.2. The fraction of sp³-hybridized carbons (Fsp3) is 0.600. The topological polar surface area (TPSA) is 12.0 Å². The van der Waals surface area contributed by atoms with Crippen LogP contribution in [-0.4, -0.2) is 6.54 Å². The molecule has 1 fully saturated rings. The van der Waals surface area contributed by atoms with Gasteiger partial charge in [0.2, 0.25) is 0 Å². The minimum absolute atomic E-state index is 0.585. The van der Waals surface area contributed by atoms with Gasteiger partial charge in [0.15, 0.2) is 0 Å². The molecule has 0 saturated heterocycles. The van der Waals surface area contributed by atoms with E-state index in [4.69, 9.17) is 0 Å². The molecule has 0 aromatic heterocycles. The molecule has 2 rings (SSSR count). The standard InChI is InChI=1S/C15H22BrN/c1-2-15(9-5-6-10-15)12-17-11-13-7-3-4-8-14(13)16/h3-4,7-8,17H,2,5-6,9-12H2,1H3. The Morgan fingerprint density at radius 2 is 1.94 bits per heavy atom. The van der Waals surface area contributed by atoms with Crippen molar-refractivity contribution in [2.24, 2.45) is 5.41 Å². The van der Waals surface area contributed by atoms with Crippen LogP contribution >= 0.6 is 15.9 Å².